The highest BCUT2D eigenvalue weighted by atomic mass is 16.5. The molecule has 0 saturated heterocycles. The molecule has 8 heteroatoms. The van der Waals surface area contributed by atoms with E-state index in [0.29, 0.717) is 30.2 Å². The molecule has 3 aromatic carbocycles. The number of phenols is 1. The second kappa shape index (κ2) is 14.6. The van der Waals surface area contributed by atoms with E-state index in [-0.39, 0.29) is 24.0 Å². The quantitative estimate of drug-likeness (QED) is 0.243. The molecule has 0 aliphatic heterocycles. The van der Waals surface area contributed by atoms with E-state index in [2.05, 4.69) is 28.1 Å². The van der Waals surface area contributed by atoms with E-state index in [4.69, 9.17) is 9.47 Å². The number of carbonyl (C=O) groups is 2. The van der Waals surface area contributed by atoms with Gasteiger partial charge in [0.05, 0.1) is 20.3 Å². The summed E-state index contributed by atoms with van der Waals surface area (Å²) >= 11 is 0. The maximum absolute atomic E-state index is 13.4. The number of rotatable bonds is 14. The Labute approximate surface area is 224 Å². The van der Waals surface area contributed by atoms with Crippen LogP contribution in [0.2, 0.25) is 0 Å². The molecule has 0 aliphatic carbocycles. The zero-order valence-electron chi connectivity index (χ0n) is 22.2. The fourth-order valence-electron chi connectivity index (χ4n) is 4.15. The fraction of sp³-hybridized carbons (Fsp3) is 0.333. The van der Waals surface area contributed by atoms with E-state index in [1.165, 1.54) is 31.9 Å². The number of ether oxygens (including phenoxy) is 2. The van der Waals surface area contributed by atoms with Crippen molar-refractivity contribution in [1.29, 1.82) is 0 Å². The third kappa shape index (κ3) is 8.52. The maximum atomic E-state index is 13.4. The van der Waals surface area contributed by atoms with E-state index >= 15 is 0 Å². The Bertz CT molecular complexity index is 1150. The number of aromatic hydroxyl groups is 1. The molecule has 0 radical (unpaired) electrons. The van der Waals surface area contributed by atoms with Gasteiger partial charge in [-0.2, -0.15) is 0 Å². The molecule has 3 aromatic rings. The molecule has 0 fully saturated rings. The molecule has 38 heavy (non-hydrogen) atoms. The predicted octanol–water partition coefficient (Wildman–Crippen LogP) is 3.36. The first kappa shape index (κ1) is 28.5. The topological polar surface area (TPSA) is 109 Å². The molecule has 0 aromatic heterocycles. The second-order valence-corrected chi connectivity index (χ2v) is 9.06. The Kier molecular flexibility index (Phi) is 11.0. The highest BCUT2D eigenvalue weighted by Gasteiger charge is 2.26. The first-order chi connectivity index (χ1) is 18.4. The highest BCUT2D eigenvalue weighted by Crippen LogP contribution is 2.34. The summed E-state index contributed by atoms with van der Waals surface area (Å²) in [5.74, 6) is 0.243. The fourth-order valence-corrected chi connectivity index (χ4v) is 4.15. The molecule has 2 amide bonds. The lowest BCUT2D eigenvalue weighted by atomic mass is 10.0. The van der Waals surface area contributed by atoms with Gasteiger partial charge in [-0.25, -0.2) is 0 Å². The van der Waals surface area contributed by atoms with Gasteiger partial charge in [-0.05, 0) is 30.9 Å². The predicted molar refractivity (Wildman–Crippen MR) is 147 cm³/mol. The molecule has 0 saturated carbocycles. The first-order valence-corrected chi connectivity index (χ1v) is 12.7. The Balaban J connectivity index is 1.65. The van der Waals surface area contributed by atoms with Gasteiger partial charge in [-0.3, -0.25) is 9.59 Å². The van der Waals surface area contributed by atoms with E-state index in [1.807, 2.05) is 48.5 Å². The van der Waals surface area contributed by atoms with Crippen molar-refractivity contribution in [2.24, 2.45) is 0 Å². The lowest BCUT2D eigenvalue weighted by molar-refractivity contribution is -0.129. The van der Waals surface area contributed by atoms with Crippen LogP contribution in [0.1, 0.15) is 30.0 Å². The number of aryl methyl sites for hydroxylation is 1. The molecule has 8 nitrogen and oxygen atoms in total. The van der Waals surface area contributed by atoms with Gasteiger partial charge in [0.2, 0.25) is 11.8 Å². The molecule has 4 N–H and O–H groups in total. The molecule has 2 atom stereocenters. The summed E-state index contributed by atoms with van der Waals surface area (Å²) in [4.78, 5) is 26.1. The second-order valence-electron chi connectivity index (χ2n) is 9.06. The van der Waals surface area contributed by atoms with Gasteiger partial charge in [0.1, 0.15) is 23.3 Å². The van der Waals surface area contributed by atoms with Crippen LogP contribution in [0.4, 0.5) is 0 Å². The standard InChI is InChI=1S/C30H37N3O5/c1-21(29(35)31-16-10-15-22-11-6-4-7-12-22)33-30(36)26(32-20-23-13-8-5-9-14-23)19-25-27(37-2)17-24(34)18-28(25)38-3/h4-9,11-14,17-18,21,26,32,34H,10,15-16,19-20H2,1-3H3,(H,31,35)(H,33,36)/t21-,26-/m1/s1. The molecule has 202 valence electrons. The summed E-state index contributed by atoms with van der Waals surface area (Å²) < 4.78 is 10.9. The molecule has 0 heterocycles. The van der Waals surface area contributed by atoms with Crippen LogP contribution in [0.25, 0.3) is 0 Å². The summed E-state index contributed by atoms with van der Waals surface area (Å²) in [6, 6.07) is 21.4. The Morgan fingerprint density at radius 2 is 1.45 bits per heavy atom. The molecular weight excluding hydrogens is 482 g/mol. The van der Waals surface area contributed by atoms with E-state index in [9.17, 15) is 14.7 Å². The third-order valence-corrected chi connectivity index (χ3v) is 6.25. The normalized spacial score (nSPS) is 12.3. The largest absolute Gasteiger partial charge is 0.508 e. The third-order valence-electron chi connectivity index (χ3n) is 6.25. The van der Waals surface area contributed by atoms with Gasteiger partial charge in [-0.15, -0.1) is 0 Å². The summed E-state index contributed by atoms with van der Waals surface area (Å²) in [6.07, 6.45) is 1.89. The van der Waals surface area contributed by atoms with Crippen LogP contribution >= 0.6 is 0 Å². The summed E-state index contributed by atoms with van der Waals surface area (Å²) in [5.41, 5.74) is 2.86. The van der Waals surface area contributed by atoms with Gasteiger partial charge < -0.3 is 30.5 Å². The number of hydrogen-bond donors (Lipinski definition) is 4. The number of phenolic OH excluding ortho intramolecular Hbond substituents is 1. The average molecular weight is 520 g/mol. The molecule has 0 spiro atoms. The first-order valence-electron chi connectivity index (χ1n) is 12.7. The van der Waals surface area contributed by atoms with E-state index < -0.39 is 12.1 Å². The van der Waals surface area contributed by atoms with Crippen LogP contribution in [-0.2, 0) is 29.0 Å². The lowest BCUT2D eigenvalue weighted by Gasteiger charge is -2.23. The SMILES string of the molecule is COc1cc(O)cc(OC)c1C[C@@H](NCc1ccccc1)C(=O)N[C@H](C)C(=O)NCCCc1ccccc1. The van der Waals surface area contributed by atoms with Gasteiger partial charge in [0.15, 0.2) is 0 Å². The van der Waals surface area contributed by atoms with E-state index in [1.54, 1.807) is 6.92 Å². The van der Waals surface area contributed by atoms with Gasteiger partial charge in [0.25, 0.3) is 0 Å². The van der Waals surface area contributed by atoms with Crippen molar-refractivity contribution in [1.82, 2.24) is 16.0 Å². The van der Waals surface area contributed by atoms with Gasteiger partial charge in [0, 0.05) is 37.2 Å². The van der Waals surface area contributed by atoms with Crippen LogP contribution in [0.15, 0.2) is 72.8 Å². The number of carbonyl (C=O) groups excluding carboxylic acids is 2. The number of nitrogens with one attached hydrogen (secondary N) is 3. The highest BCUT2D eigenvalue weighted by molar-refractivity contribution is 5.89. The number of benzene rings is 3. The average Bonchev–Trinajstić information content (AvgIpc) is 2.94. The van der Waals surface area contributed by atoms with Crippen molar-refractivity contribution in [2.45, 2.75) is 44.8 Å². The van der Waals surface area contributed by atoms with Crippen LogP contribution in [-0.4, -0.2) is 49.8 Å². The lowest BCUT2D eigenvalue weighted by Crippen LogP contribution is -2.52. The minimum Gasteiger partial charge on any atom is -0.508 e. The molecular formula is C30H37N3O5. The van der Waals surface area contributed by atoms with Gasteiger partial charge in [-0.1, -0.05) is 60.7 Å². The Hall–Kier alpha value is -4.04. The van der Waals surface area contributed by atoms with Crippen LogP contribution in [0.5, 0.6) is 17.2 Å². The van der Waals surface area contributed by atoms with Crippen molar-refractivity contribution in [2.75, 3.05) is 20.8 Å². The number of amides is 2. The maximum Gasteiger partial charge on any atom is 0.242 e. The van der Waals surface area contributed by atoms with Crippen LogP contribution < -0.4 is 25.4 Å². The molecule has 0 aliphatic rings. The zero-order chi connectivity index (χ0) is 27.3. The minimum atomic E-state index is -0.719. The summed E-state index contributed by atoms with van der Waals surface area (Å²) in [5, 5.41) is 19.1. The monoisotopic (exact) mass is 519 g/mol. The molecule has 3 rings (SSSR count). The van der Waals surface area contributed by atoms with Crippen molar-refractivity contribution in [3.63, 3.8) is 0 Å². The number of hydrogen-bond acceptors (Lipinski definition) is 6. The summed E-state index contributed by atoms with van der Waals surface area (Å²) in [7, 11) is 2.99. The Morgan fingerprint density at radius 3 is 2.03 bits per heavy atom. The molecule has 0 bridgehead atoms. The van der Waals surface area contributed by atoms with Crippen molar-refractivity contribution in [3.8, 4) is 17.2 Å². The van der Waals surface area contributed by atoms with Gasteiger partial charge >= 0.3 is 0 Å². The van der Waals surface area contributed by atoms with Crippen molar-refractivity contribution < 1.29 is 24.2 Å². The van der Waals surface area contributed by atoms with Crippen molar-refractivity contribution in [3.05, 3.63) is 89.5 Å². The Morgan fingerprint density at radius 1 is 0.868 bits per heavy atom. The summed E-state index contributed by atoms with van der Waals surface area (Å²) in [6.45, 7) is 2.63. The zero-order valence-corrected chi connectivity index (χ0v) is 22.2. The van der Waals surface area contributed by atoms with Crippen molar-refractivity contribution >= 4 is 11.8 Å². The smallest absolute Gasteiger partial charge is 0.242 e. The van der Waals surface area contributed by atoms with E-state index in [0.717, 1.165) is 18.4 Å². The minimum absolute atomic E-state index is 0.00162. The number of methoxy groups -OCH3 is 2. The molecule has 0 unspecified atom stereocenters. The van der Waals surface area contributed by atoms with Crippen LogP contribution in [0, 0.1) is 0 Å². The van der Waals surface area contributed by atoms with Crippen LogP contribution in [0.3, 0.4) is 0 Å².